The maximum Gasteiger partial charge on any atom is 4.00 e. The monoisotopic (exact) mass is 1070 g/mol. The second-order valence-corrected chi connectivity index (χ2v) is 23.3. The molecule has 1 unspecified atom stereocenters. The van der Waals surface area contributed by atoms with Crippen LogP contribution in [0.3, 0.4) is 0 Å². The molecule has 1 aliphatic carbocycles. The minimum absolute atomic E-state index is 0. The first-order valence-corrected chi connectivity index (χ1v) is 27.4. The summed E-state index contributed by atoms with van der Waals surface area (Å²) in [4.78, 5) is 0. The van der Waals surface area contributed by atoms with E-state index < -0.39 is 8.07 Å². The second kappa shape index (κ2) is 27.7. The molecular formula is C69H63Cl3SiTi. The fraction of sp³-hybridized carbons (Fsp3) is 0.159. The van der Waals surface area contributed by atoms with Crippen molar-refractivity contribution >= 4 is 23.6 Å². The Morgan fingerprint density at radius 3 is 0.797 bits per heavy atom. The summed E-state index contributed by atoms with van der Waals surface area (Å²) in [5, 5.41) is 5.76. The van der Waals surface area contributed by atoms with Crippen molar-refractivity contribution in [1.82, 2.24) is 0 Å². The SMILES string of the molecule is CCC(C)C1=CC[C-]=C1[Si](c1cc(Cc2ccccc2)cc(Cc2ccccc2)c1)(c1cc(Cc2ccccc2)cc(Cc2ccccc2)c1)c1cc(Cc2ccccc2)cc(Cc2ccccc2)c1.[Cl-].[Cl-].[Cl-].[Ti+4]. The summed E-state index contributed by atoms with van der Waals surface area (Å²) in [6, 6.07) is 89.8. The fourth-order valence-electron chi connectivity index (χ4n) is 11.0. The molecule has 9 aromatic carbocycles. The van der Waals surface area contributed by atoms with Gasteiger partial charge in [-0.25, -0.2) is 5.20 Å². The van der Waals surface area contributed by atoms with E-state index in [9.17, 15) is 0 Å². The third kappa shape index (κ3) is 13.9. The topological polar surface area (TPSA) is 0 Å². The van der Waals surface area contributed by atoms with E-state index in [0.717, 1.165) is 51.4 Å². The normalized spacial score (nSPS) is 12.2. The summed E-state index contributed by atoms with van der Waals surface area (Å²) in [6.07, 6.45) is 13.8. The van der Waals surface area contributed by atoms with Gasteiger partial charge in [0.05, 0.1) is 0 Å². The van der Waals surface area contributed by atoms with Gasteiger partial charge in [0.2, 0.25) is 0 Å². The summed E-state index contributed by atoms with van der Waals surface area (Å²) < 4.78 is 0. The van der Waals surface area contributed by atoms with Gasteiger partial charge >= 0.3 is 21.7 Å². The molecule has 0 N–H and O–H groups in total. The predicted octanol–water partition coefficient (Wildman–Crippen LogP) is 5.36. The van der Waals surface area contributed by atoms with E-state index in [0.29, 0.717) is 5.92 Å². The molecule has 0 fully saturated rings. The van der Waals surface area contributed by atoms with Crippen LogP contribution in [0.25, 0.3) is 0 Å². The molecule has 0 aliphatic heterocycles. The third-order valence-electron chi connectivity index (χ3n) is 14.4. The van der Waals surface area contributed by atoms with Crippen molar-refractivity contribution in [3.8, 4) is 0 Å². The van der Waals surface area contributed by atoms with Gasteiger partial charge in [0.25, 0.3) is 0 Å². The van der Waals surface area contributed by atoms with Crippen molar-refractivity contribution in [3.63, 3.8) is 0 Å². The largest absolute Gasteiger partial charge is 4.00 e. The van der Waals surface area contributed by atoms with Crippen LogP contribution in [-0.2, 0) is 60.2 Å². The molecule has 0 saturated heterocycles. The summed E-state index contributed by atoms with van der Waals surface area (Å²) in [5.74, 6) is 0.376. The summed E-state index contributed by atoms with van der Waals surface area (Å²) in [6.45, 7) is 4.81. The average Bonchev–Trinajstić information content (AvgIpc) is 3.88. The molecule has 10 rings (SSSR count). The van der Waals surface area contributed by atoms with E-state index in [-0.39, 0.29) is 58.9 Å². The quantitative estimate of drug-likeness (QED) is 0.0619. The molecule has 0 amide bonds. The number of rotatable bonds is 18. The van der Waals surface area contributed by atoms with Crippen molar-refractivity contribution in [2.45, 2.75) is 65.2 Å². The standard InChI is InChI=1S/C69H63Si.3ClH.Ti/c1-3-52(2)68-35-22-36-69(68)70(65-46-59(37-53-23-10-4-11-24-53)43-60(47-65)38-54-25-12-5-13-26-54,66-48-61(39-55-27-14-6-15-28-55)44-62(49-66)40-56-29-16-7-17-30-56)67-50-63(41-57-31-18-8-19-32-57)45-64(51-67)42-58-33-20-9-21-34-58;;;;/h4-21,23-35,43-52H,3,22,37-42H2,1-2H3;3*1H;/q-1;;;;+4/p-3. The van der Waals surface area contributed by atoms with Crippen molar-refractivity contribution < 1.29 is 58.9 Å². The third-order valence-corrected chi connectivity index (χ3v) is 19.1. The predicted molar refractivity (Wildman–Crippen MR) is 298 cm³/mol. The van der Waals surface area contributed by atoms with Crippen molar-refractivity contribution in [3.05, 3.63) is 326 Å². The van der Waals surface area contributed by atoms with E-state index in [1.165, 1.54) is 93.1 Å². The number of hydrogen-bond donors (Lipinski definition) is 0. The first kappa shape index (κ1) is 57.5. The molecule has 0 saturated carbocycles. The molecule has 9 aromatic rings. The molecule has 0 heterocycles. The average molecular weight is 1070 g/mol. The van der Waals surface area contributed by atoms with Gasteiger partial charge in [-0.3, -0.25) is 6.08 Å². The van der Waals surface area contributed by atoms with E-state index in [4.69, 9.17) is 0 Å². The smallest absolute Gasteiger partial charge is 1.00 e. The Bertz CT molecular complexity index is 2720. The molecule has 0 nitrogen and oxygen atoms in total. The van der Waals surface area contributed by atoms with Gasteiger partial charge in [-0.1, -0.05) is 263 Å². The Kier molecular flexibility index (Phi) is 21.5. The first-order chi connectivity index (χ1) is 34.5. The molecule has 0 spiro atoms. The van der Waals surface area contributed by atoms with Crippen LogP contribution < -0.4 is 52.8 Å². The molecule has 5 heteroatoms. The molecular weight excluding hydrogens is 1010 g/mol. The number of allylic oxidation sites excluding steroid dienone is 4. The Morgan fingerprint density at radius 1 is 0.351 bits per heavy atom. The van der Waals surface area contributed by atoms with Crippen LogP contribution in [0.4, 0.5) is 0 Å². The van der Waals surface area contributed by atoms with Crippen LogP contribution in [0.5, 0.6) is 0 Å². The summed E-state index contributed by atoms with van der Waals surface area (Å²) in [7, 11) is -3.29. The van der Waals surface area contributed by atoms with Gasteiger partial charge in [-0.15, -0.1) is 6.42 Å². The second-order valence-electron chi connectivity index (χ2n) is 19.6. The summed E-state index contributed by atoms with van der Waals surface area (Å²) >= 11 is 0. The molecule has 0 bridgehead atoms. The van der Waals surface area contributed by atoms with Crippen molar-refractivity contribution in [1.29, 1.82) is 0 Å². The molecule has 1 aliphatic rings. The van der Waals surface area contributed by atoms with Gasteiger partial charge in [0.1, 0.15) is 8.07 Å². The van der Waals surface area contributed by atoms with Gasteiger partial charge in [0.15, 0.2) is 0 Å². The molecule has 0 radical (unpaired) electrons. The minimum Gasteiger partial charge on any atom is -1.00 e. The zero-order valence-electron chi connectivity index (χ0n) is 42.5. The van der Waals surface area contributed by atoms with Crippen LogP contribution >= 0.6 is 0 Å². The zero-order valence-corrected chi connectivity index (χ0v) is 47.3. The number of benzene rings is 9. The Labute approximate surface area is 476 Å². The van der Waals surface area contributed by atoms with Crippen molar-refractivity contribution in [2.75, 3.05) is 0 Å². The molecule has 368 valence electrons. The Morgan fingerprint density at radius 2 is 0.581 bits per heavy atom. The van der Waals surface area contributed by atoms with Crippen LogP contribution in [0, 0.1) is 12.0 Å². The maximum absolute atomic E-state index is 4.26. The number of hydrogen-bond acceptors (Lipinski definition) is 0. The fourth-order valence-corrected chi connectivity index (χ4v) is 16.4. The van der Waals surface area contributed by atoms with Crippen LogP contribution in [0.2, 0.25) is 0 Å². The minimum atomic E-state index is -3.29. The van der Waals surface area contributed by atoms with Crippen LogP contribution in [0.15, 0.2) is 253 Å². The zero-order chi connectivity index (χ0) is 47.5. The summed E-state index contributed by atoms with van der Waals surface area (Å²) in [5.41, 5.74) is 17.6. The number of halogens is 3. The molecule has 1 atom stereocenters. The van der Waals surface area contributed by atoms with E-state index in [1.807, 2.05) is 0 Å². The Hall–Kier alpha value is -5.74. The van der Waals surface area contributed by atoms with E-state index in [2.05, 4.69) is 263 Å². The van der Waals surface area contributed by atoms with Gasteiger partial charge < -0.3 is 37.2 Å². The molecule has 0 aromatic heterocycles. The Balaban J connectivity index is 0.00000223. The van der Waals surface area contributed by atoms with E-state index in [1.54, 1.807) is 0 Å². The molecule has 74 heavy (non-hydrogen) atoms. The van der Waals surface area contributed by atoms with Crippen molar-refractivity contribution in [2.24, 2.45) is 5.92 Å². The van der Waals surface area contributed by atoms with E-state index >= 15 is 0 Å². The first-order valence-electron chi connectivity index (χ1n) is 25.4. The van der Waals surface area contributed by atoms with Gasteiger partial charge in [-0.2, -0.15) is 11.6 Å². The van der Waals surface area contributed by atoms with Crippen LogP contribution in [0.1, 0.15) is 93.5 Å². The van der Waals surface area contributed by atoms with Gasteiger partial charge in [0, 0.05) is 0 Å². The maximum atomic E-state index is 4.26. The van der Waals surface area contributed by atoms with Crippen LogP contribution in [-0.4, -0.2) is 8.07 Å². The van der Waals surface area contributed by atoms with Gasteiger partial charge in [-0.05, 0) is 121 Å².